The van der Waals surface area contributed by atoms with E-state index in [1.165, 1.54) is 0 Å². The minimum atomic E-state index is 0.324. The van der Waals surface area contributed by atoms with Gasteiger partial charge in [-0.15, -0.1) is 0 Å². The number of halogens is 1. The predicted molar refractivity (Wildman–Crippen MR) is 64.7 cm³/mol. The van der Waals surface area contributed by atoms with Gasteiger partial charge in [-0.3, -0.25) is 0 Å². The normalized spacial score (nSPS) is 10.1. The number of aromatic nitrogens is 2. The lowest BCUT2D eigenvalue weighted by molar-refractivity contribution is 0.912. The van der Waals surface area contributed by atoms with E-state index in [1.54, 1.807) is 12.3 Å². The standard InChI is InChI=1S/C11H11ClN4/c12-8-2-1-3-9(6-8)15-10-4-5-14-11(7-13)16-10/h1-6H,7,13H2,(H,14,15,16). The van der Waals surface area contributed by atoms with E-state index in [4.69, 9.17) is 17.3 Å². The lowest BCUT2D eigenvalue weighted by Crippen LogP contribution is -2.04. The van der Waals surface area contributed by atoms with E-state index in [-0.39, 0.29) is 0 Å². The van der Waals surface area contributed by atoms with Gasteiger partial charge in [0, 0.05) is 16.9 Å². The number of nitrogens with zero attached hydrogens (tertiary/aromatic N) is 2. The summed E-state index contributed by atoms with van der Waals surface area (Å²) < 4.78 is 0. The zero-order valence-corrected chi connectivity index (χ0v) is 9.28. The molecule has 0 aliphatic heterocycles. The molecule has 4 nitrogen and oxygen atoms in total. The molecule has 0 amide bonds. The SMILES string of the molecule is NCc1nccc(Nc2cccc(Cl)c2)n1. The van der Waals surface area contributed by atoms with Crippen molar-refractivity contribution >= 4 is 23.1 Å². The third kappa shape index (κ3) is 2.68. The molecule has 0 fully saturated rings. The first-order valence-corrected chi connectivity index (χ1v) is 5.20. The Bertz CT molecular complexity index is 487. The molecule has 82 valence electrons. The molecule has 1 heterocycles. The highest BCUT2D eigenvalue weighted by atomic mass is 35.5. The van der Waals surface area contributed by atoms with Gasteiger partial charge in [-0.05, 0) is 24.3 Å². The van der Waals surface area contributed by atoms with Crippen LogP contribution in [-0.4, -0.2) is 9.97 Å². The molecule has 0 aliphatic carbocycles. The molecule has 16 heavy (non-hydrogen) atoms. The van der Waals surface area contributed by atoms with Gasteiger partial charge in [0.25, 0.3) is 0 Å². The second kappa shape index (κ2) is 4.92. The third-order valence-corrected chi connectivity index (χ3v) is 2.22. The van der Waals surface area contributed by atoms with Crippen LogP contribution in [0.15, 0.2) is 36.5 Å². The lowest BCUT2D eigenvalue weighted by Gasteiger charge is -2.06. The summed E-state index contributed by atoms with van der Waals surface area (Å²) in [5.41, 5.74) is 6.35. The monoisotopic (exact) mass is 234 g/mol. The Kier molecular flexibility index (Phi) is 3.34. The molecule has 0 saturated heterocycles. The highest BCUT2D eigenvalue weighted by Gasteiger charge is 1.98. The van der Waals surface area contributed by atoms with Gasteiger partial charge in [0.1, 0.15) is 11.6 Å². The topological polar surface area (TPSA) is 63.8 Å². The van der Waals surface area contributed by atoms with Crippen LogP contribution in [0.3, 0.4) is 0 Å². The van der Waals surface area contributed by atoms with Crippen molar-refractivity contribution in [3.63, 3.8) is 0 Å². The molecule has 0 bridgehead atoms. The van der Waals surface area contributed by atoms with E-state index < -0.39 is 0 Å². The van der Waals surface area contributed by atoms with Crippen molar-refractivity contribution in [3.8, 4) is 0 Å². The minimum absolute atomic E-state index is 0.324. The molecule has 0 saturated carbocycles. The zero-order valence-electron chi connectivity index (χ0n) is 8.52. The fourth-order valence-corrected chi connectivity index (χ4v) is 1.47. The molecule has 2 aromatic rings. The van der Waals surface area contributed by atoms with E-state index in [0.717, 1.165) is 5.69 Å². The van der Waals surface area contributed by atoms with Crippen molar-refractivity contribution in [2.75, 3.05) is 5.32 Å². The summed E-state index contributed by atoms with van der Waals surface area (Å²) in [6, 6.07) is 9.20. The Balaban J connectivity index is 2.20. The number of anilines is 2. The predicted octanol–water partition coefficient (Wildman–Crippen LogP) is 2.33. The molecule has 5 heteroatoms. The van der Waals surface area contributed by atoms with Gasteiger partial charge < -0.3 is 11.1 Å². The van der Waals surface area contributed by atoms with Gasteiger partial charge in [0.05, 0.1) is 6.54 Å². The largest absolute Gasteiger partial charge is 0.340 e. The summed E-state index contributed by atoms with van der Waals surface area (Å²) in [6.07, 6.45) is 1.67. The Morgan fingerprint density at radius 3 is 2.94 bits per heavy atom. The van der Waals surface area contributed by atoms with Crippen LogP contribution in [0, 0.1) is 0 Å². The van der Waals surface area contributed by atoms with Crippen molar-refractivity contribution in [1.29, 1.82) is 0 Å². The summed E-state index contributed by atoms with van der Waals surface area (Å²) >= 11 is 5.88. The Labute approximate surface area is 98.5 Å². The number of nitrogens with one attached hydrogen (secondary N) is 1. The fraction of sp³-hybridized carbons (Fsp3) is 0.0909. The number of hydrogen-bond acceptors (Lipinski definition) is 4. The summed E-state index contributed by atoms with van der Waals surface area (Å²) in [6.45, 7) is 0.324. The molecule has 3 N–H and O–H groups in total. The van der Waals surface area contributed by atoms with Crippen molar-refractivity contribution in [3.05, 3.63) is 47.4 Å². The second-order valence-corrected chi connectivity index (χ2v) is 3.63. The van der Waals surface area contributed by atoms with Crippen LogP contribution in [0.1, 0.15) is 5.82 Å². The van der Waals surface area contributed by atoms with Crippen LogP contribution in [0.4, 0.5) is 11.5 Å². The van der Waals surface area contributed by atoms with Crippen LogP contribution >= 0.6 is 11.6 Å². The van der Waals surface area contributed by atoms with Gasteiger partial charge in [-0.2, -0.15) is 0 Å². The number of benzene rings is 1. The summed E-state index contributed by atoms with van der Waals surface area (Å²) in [4.78, 5) is 8.24. The van der Waals surface area contributed by atoms with Crippen LogP contribution in [0.5, 0.6) is 0 Å². The molecule has 2 rings (SSSR count). The van der Waals surface area contributed by atoms with Gasteiger partial charge in [0.2, 0.25) is 0 Å². The van der Waals surface area contributed by atoms with Gasteiger partial charge in [-0.1, -0.05) is 17.7 Å². The van der Waals surface area contributed by atoms with Crippen LogP contribution in [0.2, 0.25) is 5.02 Å². The number of rotatable bonds is 3. The van der Waals surface area contributed by atoms with Crippen LogP contribution in [0.25, 0.3) is 0 Å². The maximum absolute atomic E-state index is 5.88. The highest BCUT2D eigenvalue weighted by Crippen LogP contribution is 2.18. The first-order valence-electron chi connectivity index (χ1n) is 4.82. The smallest absolute Gasteiger partial charge is 0.144 e. The first-order chi connectivity index (χ1) is 7.78. The fourth-order valence-electron chi connectivity index (χ4n) is 1.28. The van der Waals surface area contributed by atoms with Crippen molar-refractivity contribution in [1.82, 2.24) is 9.97 Å². The molecule has 0 aliphatic rings. The van der Waals surface area contributed by atoms with E-state index in [1.807, 2.05) is 24.3 Å². The van der Waals surface area contributed by atoms with Gasteiger partial charge >= 0.3 is 0 Å². The Hall–Kier alpha value is -1.65. The molecule has 0 radical (unpaired) electrons. The molecule has 0 spiro atoms. The maximum atomic E-state index is 5.88. The number of hydrogen-bond donors (Lipinski definition) is 2. The van der Waals surface area contributed by atoms with E-state index in [9.17, 15) is 0 Å². The highest BCUT2D eigenvalue weighted by molar-refractivity contribution is 6.30. The average molecular weight is 235 g/mol. The Morgan fingerprint density at radius 1 is 1.31 bits per heavy atom. The maximum Gasteiger partial charge on any atom is 0.144 e. The van der Waals surface area contributed by atoms with Crippen molar-refractivity contribution in [2.24, 2.45) is 5.73 Å². The average Bonchev–Trinajstić information content (AvgIpc) is 2.29. The quantitative estimate of drug-likeness (QED) is 0.856. The molecular weight excluding hydrogens is 224 g/mol. The van der Waals surface area contributed by atoms with E-state index in [2.05, 4.69) is 15.3 Å². The van der Waals surface area contributed by atoms with Crippen molar-refractivity contribution < 1.29 is 0 Å². The van der Waals surface area contributed by atoms with Gasteiger partial charge in [0.15, 0.2) is 0 Å². The third-order valence-electron chi connectivity index (χ3n) is 1.99. The molecule has 1 aromatic heterocycles. The second-order valence-electron chi connectivity index (χ2n) is 3.20. The van der Waals surface area contributed by atoms with Crippen LogP contribution in [-0.2, 0) is 6.54 Å². The molecule has 1 aromatic carbocycles. The summed E-state index contributed by atoms with van der Waals surface area (Å²) in [7, 11) is 0. The first kappa shape index (κ1) is 10.9. The lowest BCUT2D eigenvalue weighted by atomic mass is 10.3. The van der Waals surface area contributed by atoms with E-state index in [0.29, 0.717) is 23.2 Å². The molecule has 0 atom stereocenters. The van der Waals surface area contributed by atoms with Gasteiger partial charge in [-0.25, -0.2) is 9.97 Å². The zero-order chi connectivity index (χ0) is 11.4. The number of nitrogens with two attached hydrogens (primary N) is 1. The Morgan fingerprint density at radius 2 is 2.19 bits per heavy atom. The molecular formula is C11H11ClN4. The van der Waals surface area contributed by atoms with Crippen molar-refractivity contribution in [2.45, 2.75) is 6.54 Å². The summed E-state index contributed by atoms with van der Waals surface area (Å²) in [5, 5.41) is 3.81. The summed E-state index contributed by atoms with van der Waals surface area (Å²) in [5.74, 6) is 1.31. The van der Waals surface area contributed by atoms with Crippen LogP contribution < -0.4 is 11.1 Å². The minimum Gasteiger partial charge on any atom is -0.340 e. The molecule has 0 unspecified atom stereocenters. The van der Waals surface area contributed by atoms with E-state index >= 15 is 0 Å².